The van der Waals surface area contributed by atoms with Gasteiger partial charge in [-0.25, -0.2) is 0 Å². The molecule has 0 heterocycles. The van der Waals surface area contributed by atoms with Crippen LogP contribution in [-0.2, 0) is 0 Å². The van der Waals surface area contributed by atoms with E-state index in [2.05, 4.69) is 11.8 Å². The van der Waals surface area contributed by atoms with Crippen LogP contribution < -0.4 is 5.73 Å². The standard InChI is InChI=1S/C14H9N/c1-3-10-5-7-13-11(9-10)6-8-14(15)12(13)4-2/h1-2,5-9H,15H2. The zero-order chi connectivity index (χ0) is 10.8. The van der Waals surface area contributed by atoms with Crippen molar-refractivity contribution in [3.63, 3.8) is 0 Å². The predicted molar refractivity (Wildman–Crippen MR) is 64.2 cm³/mol. The van der Waals surface area contributed by atoms with Crippen LogP contribution in [0.1, 0.15) is 11.1 Å². The van der Waals surface area contributed by atoms with Crippen LogP contribution in [0.25, 0.3) is 10.8 Å². The molecular formula is C14H9N. The number of terminal acetylenes is 2. The van der Waals surface area contributed by atoms with Gasteiger partial charge in [-0.15, -0.1) is 12.8 Å². The van der Waals surface area contributed by atoms with Crippen molar-refractivity contribution in [3.05, 3.63) is 41.5 Å². The Kier molecular flexibility index (Phi) is 2.08. The highest BCUT2D eigenvalue weighted by Crippen LogP contribution is 2.24. The molecule has 70 valence electrons. The first-order valence-electron chi connectivity index (χ1n) is 4.51. The Bertz CT molecular complexity index is 609. The molecule has 0 amide bonds. The van der Waals surface area contributed by atoms with Crippen molar-refractivity contribution in [2.24, 2.45) is 0 Å². The Morgan fingerprint density at radius 3 is 2.47 bits per heavy atom. The molecule has 0 radical (unpaired) electrons. The Morgan fingerprint density at radius 2 is 1.80 bits per heavy atom. The molecule has 0 aromatic heterocycles. The largest absolute Gasteiger partial charge is 0.398 e. The van der Waals surface area contributed by atoms with Crippen molar-refractivity contribution in [1.82, 2.24) is 0 Å². The van der Waals surface area contributed by atoms with Gasteiger partial charge in [0.2, 0.25) is 0 Å². The highest BCUT2D eigenvalue weighted by Gasteiger charge is 2.02. The number of nitrogens with two attached hydrogens (primary N) is 1. The van der Waals surface area contributed by atoms with E-state index in [1.807, 2.05) is 24.3 Å². The Morgan fingerprint density at radius 1 is 1.00 bits per heavy atom. The van der Waals surface area contributed by atoms with E-state index in [9.17, 15) is 0 Å². The summed E-state index contributed by atoms with van der Waals surface area (Å²) in [5, 5.41) is 1.99. The van der Waals surface area contributed by atoms with Crippen LogP contribution in [0.3, 0.4) is 0 Å². The molecule has 2 N–H and O–H groups in total. The zero-order valence-electron chi connectivity index (χ0n) is 8.12. The van der Waals surface area contributed by atoms with Gasteiger partial charge in [-0.1, -0.05) is 24.0 Å². The van der Waals surface area contributed by atoms with E-state index in [1.165, 1.54) is 0 Å². The van der Waals surface area contributed by atoms with E-state index in [0.717, 1.165) is 21.9 Å². The van der Waals surface area contributed by atoms with Crippen LogP contribution in [0.4, 0.5) is 5.69 Å². The second-order valence-corrected chi connectivity index (χ2v) is 3.25. The van der Waals surface area contributed by atoms with Crippen LogP contribution >= 0.6 is 0 Å². The van der Waals surface area contributed by atoms with Crippen molar-refractivity contribution >= 4 is 16.5 Å². The number of benzene rings is 2. The fourth-order valence-corrected chi connectivity index (χ4v) is 1.60. The molecule has 0 bridgehead atoms. The van der Waals surface area contributed by atoms with Gasteiger partial charge in [0.1, 0.15) is 0 Å². The first-order valence-corrected chi connectivity index (χ1v) is 4.51. The summed E-state index contributed by atoms with van der Waals surface area (Å²) in [5.41, 5.74) is 7.98. The normalized spacial score (nSPS) is 9.47. The highest BCUT2D eigenvalue weighted by molar-refractivity contribution is 5.93. The minimum absolute atomic E-state index is 0.624. The van der Waals surface area contributed by atoms with E-state index < -0.39 is 0 Å². The van der Waals surface area contributed by atoms with Gasteiger partial charge in [-0.05, 0) is 29.0 Å². The maximum Gasteiger partial charge on any atom is 0.0550 e. The number of fused-ring (bicyclic) bond motifs is 1. The third kappa shape index (κ3) is 1.41. The second kappa shape index (κ2) is 3.40. The molecule has 0 saturated heterocycles. The third-order valence-electron chi connectivity index (χ3n) is 2.36. The fraction of sp³-hybridized carbons (Fsp3) is 0. The van der Waals surface area contributed by atoms with Crippen molar-refractivity contribution in [2.45, 2.75) is 0 Å². The van der Waals surface area contributed by atoms with Gasteiger partial charge in [0.25, 0.3) is 0 Å². The molecule has 0 fully saturated rings. The zero-order valence-corrected chi connectivity index (χ0v) is 8.12. The summed E-state index contributed by atoms with van der Waals surface area (Å²) in [6.07, 6.45) is 10.7. The lowest BCUT2D eigenvalue weighted by Crippen LogP contribution is -1.91. The van der Waals surface area contributed by atoms with Gasteiger partial charge < -0.3 is 5.73 Å². The highest BCUT2D eigenvalue weighted by atomic mass is 14.6. The third-order valence-corrected chi connectivity index (χ3v) is 2.36. The minimum Gasteiger partial charge on any atom is -0.398 e. The molecule has 2 rings (SSSR count). The molecule has 0 atom stereocenters. The monoisotopic (exact) mass is 191 g/mol. The van der Waals surface area contributed by atoms with Crippen LogP contribution in [0, 0.1) is 24.7 Å². The first-order chi connectivity index (χ1) is 7.26. The van der Waals surface area contributed by atoms with E-state index in [4.69, 9.17) is 18.6 Å². The number of anilines is 1. The average Bonchev–Trinajstić information content (AvgIpc) is 2.28. The summed E-state index contributed by atoms with van der Waals surface area (Å²) in [4.78, 5) is 0. The Balaban J connectivity index is 2.87. The van der Waals surface area contributed by atoms with Crippen LogP contribution in [0.5, 0.6) is 0 Å². The summed E-state index contributed by atoms with van der Waals surface area (Å²) >= 11 is 0. The summed E-state index contributed by atoms with van der Waals surface area (Å²) in [6, 6.07) is 9.43. The van der Waals surface area contributed by atoms with Gasteiger partial charge in [0, 0.05) is 11.3 Å². The molecule has 1 nitrogen and oxygen atoms in total. The Labute approximate surface area is 88.9 Å². The summed E-state index contributed by atoms with van der Waals surface area (Å²) in [7, 11) is 0. The van der Waals surface area contributed by atoms with Gasteiger partial charge in [0.15, 0.2) is 0 Å². The number of rotatable bonds is 0. The van der Waals surface area contributed by atoms with Gasteiger partial charge in [-0.3, -0.25) is 0 Å². The molecule has 0 aliphatic heterocycles. The molecule has 15 heavy (non-hydrogen) atoms. The van der Waals surface area contributed by atoms with Crippen molar-refractivity contribution < 1.29 is 0 Å². The summed E-state index contributed by atoms with van der Waals surface area (Å²) in [5.74, 6) is 5.19. The summed E-state index contributed by atoms with van der Waals surface area (Å²) < 4.78 is 0. The molecule has 2 aromatic carbocycles. The van der Waals surface area contributed by atoms with E-state index in [0.29, 0.717) is 5.69 Å². The van der Waals surface area contributed by atoms with E-state index in [1.54, 1.807) is 6.07 Å². The van der Waals surface area contributed by atoms with Crippen LogP contribution in [-0.4, -0.2) is 0 Å². The number of nitrogen functional groups attached to an aromatic ring is 1. The lowest BCUT2D eigenvalue weighted by Gasteiger charge is -2.04. The lowest BCUT2D eigenvalue weighted by atomic mass is 10.0. The number of hydrogen-bond donors (Lipinski definition) is 1. The maximum absolute atomic E-state index is 5.78. The Hall–Kier alpha value is -2.38. The van der Waals surface area contributed by atoms with Crippen molar-refractivity contribution in [1.29, 1.82) is 0 Å². The second-order valence-electron chi connectivity index (χ2n) is 3.25. The first kappa shape index (κ1) is 9.19. The van der Waals surface area contributed by atoms with Crippen molar-refractivity contribution in [2.75, 3.05) is 5.73 Å². The SMILES string of the molecule is C#Cc1ccc2c(C#C)c(N)ccc2c1. The van der Waals surface area contributed by atoms with Gasteiger partial charge in [0.05, 0.1) is 5.56 Å². The van der Waals surface area contributed by atoms with Crippen LogP contribution in [0.15, 0.2) is 30.3 Å². The minimum atomic E-state index is 0.624. The summed E-state index contributed by atoms with van der Waals surface area (Å²) in [6.45, 7) is 0. The maximum atomic E-state index is 5.78. The molecule has 0 aliphatic carbocycles. The molecular weight excluding hydrogens is 182 g/mol. The smallest absolute Gasteiger partial charge is 0.0550 e. The van der Waals surface area contributed by atoms with Gasteiger partial charge in [-0.2, -0.15) is 0 Å². The average molecular weight is 191 g/mol. The molecule has 0 aliphatic rings. The molecule has 0 saturated carbocycles. The van der Waals surface area contributed by atoms with Crippen LogP contribution in [0.2, 0.25) is 0 Å². The molecule has 1 heteroatoms. The fourth-order valence-electron chi connectivity index (χ4n) is 1.60. The topological polar surface area (TPSA) is 26.0 Å². The lowest BCUT2D eigenvalue weighted by molar-refractivity contribution is 1.66. The number of hydrogen-bond acceptors (Lipinski definition) is 1. The molecule has 2 aromatic rings. The van der Waals surface area contributed by atoms with Crippen molar-refractivity contribution in [3.8, 4) is 24.7 Å². The molecule has 0 unspecified atom stereocenters. The molecule has 0 spiro atoms. The quantitative estimate of drug-likeness (QED) is 0.502. The van der Waals surface area contributed by atoms with E-state index >= 15 is 0 Å². The van der Waals surface area contributed by atoms with E-state index in [-0.39, 0.29) is 0 Å². The predicted octanol–water partition coefficient (Wildman–Crippen LogP) is 2.38. The van der Waals surface area contributed by atoms with Gasteiger partial charge >= 0.3 is 0 Å².